The normalized spacial score (nSPS) is 10.7. The Morgan fingerprint density at radius 2 is 2.19 bits per heavy atom. The van der Waals surface area contributed by atoms with Gasteiger partial charge < -0.3 is 11.1 Å². The Morgan fingerprint density at radius 3 is 2.90 bits per heavy atom. The molecule has 3 N–H and O–H groups in total. The van der Waals surface area contributed by atoms with E-state index in [4.69, 9.17) is 5.73 Å². The van der Waals surface area contributed by atoms with Crippen molar-refractivity contribution in [1.29, 1.82) is 0 Å². The first-order valence-corrected chi connectivity index (χ1v) is 6.52. The van der Waals surface area contributed by atoms with E-state index in [0.29, 0.717) is 24.3 Å². The summed E-state index contributed by atoms with van der Waals surface area (Å²) in [7, 11) is 0. The van der Waals surface area contributed by atoms with E-state index in [2.05, 4.69) is 10.4 Å². The summed E-state index contributed by atoms with van der Waals surface area (Å²) in [6.45, 7) is 2.86. The molecular formula is C14H16F2N4O. The van der Waals surface area contributed by atoms with Gasteiger partial charge in [-0.05, 0) is 32.0 Å². The van der Waals surface area contributed by atoms with Crippen molar-refractivity contribution < 1.29 is 13.6 Å². The third kappa shape index (κ3) is 3.25. The predicted octanol–water partition coefficient (Wildman–Crippen LogP) is 2.07. The van der Waals surface area contributed by atoms with Gasteiger partial charge in [0.25, 0.3) is 5.91 Å². The Labute approximate surface area is 120 Å². The highest BCUT2D eigenvalue weighted by molar-refractivity contribution is 6.04. The molecule has 0 unspecified atom stereocenters. The smallest absolute Gasteiger partial charge is 0.259 e. The fraction of sp³-hybridized carbons (Fsp3) is 0.286. The Balaban J connectivity index is 2.17. The van der Waals surface area contributed by atoms with Crippen LogP contribution in [0.3, 0.4) is 0 Å². The predicted molar refractivity (Wildman–Crippen MR) is 74.9 cm³/mol. The molecule has 0 radical (unpaired) electrons. The lowest BCUT2D eigenvalue weighted by atomic mass is 10.2. The molecule has 1 aromatic carbocycles. The number of hydrogen-bond acceptors (Lipinski definition) is 3. The lowest BCUT2D eigenvalue weighted by molar-refractivity contribution is 0.102. The molecule has 0 fully saturated rings. The van der Waals surface area contributed by atoms with Crippen LogP contribution in [0.15, 0.2) is 24.4 Å². The van der Waals surface area contributed by atoms with Crippen LogP contribution in [0.1, 0.15) is 22.5 Å². The van der Waals surface area contributed by atoms with Gasteiger partial charge in [0.05, 0.1) is 17.4 Å². The van der Waals surface area contributed by atoms with Gasteiger partial charge in [-0.2, -0.15) is 5.10 Å². The maximum Gasteiger partial charge on any atom is 0.259 e. The van der Waals surface area contributed by atoms with Crippen molar-refractivity contribution in [2.45, 2.75) is 19.9 Å². The molecule has 0 saturated heterocycles. The summed E-state index contributed by atoms with van der Waals surface area (Å²) >= 11 is 0. The monoisotopic (exact) mass is 294 g/mol. The molecule has 0 aliphatic rings. The number of rotatable bonds is 5. The first-order valence-electron chi connectivity index (χ1n) is 6.52. The molecule has 0 aliphatic heterocycles. The molecular weight excluding hydrogens is 278 g/mol. The average molecular weight is 294 g/mol. The number of benzene rings is 1. The first-order chi connectivity index (χ1) is 10.0. The molecule has 0 spiro atoms. The second-order valence-electron chi connectivity index (χ2n) is 4.56. The highest BCUT2D eigenvalue weighted by Gasteiger charge is 2.16. The molecule has 1 heterocycles. The van der Waals surface area contributed by atoms with Crippen LogP contribution in [-0.2, 0) is 6.54 Å². The second kappa shape index (κ2) is 6.45. The molecule has 21 heavy (non-hydrogen) atoms. The van der Waals surface area contributed by atoms with Crippen molar-refractivity contribution in [2.75, 3.05) is 11.9 Å². The number of anilines is 1. The zero-order chi connectivity index (χ0) is 15.4. The van der Waals surface area contributed by atoms with Crippen LogP contribution in [-0.4, -0.2) is 22.2 Å². The molecule has 0 atom stereocenters. The first kappa shape index (κ1) is 15.1. The number of carbonyl (C=O) groups excluding carboxylic acids is 1. The van der Waals surface area contributed by atoms with Crippen LogP contribution in [0.2, 0.25) is 0 Å². The number of nitrogens with two attached hydrogens (primary N) is 1. The number of nitrogens with zero attached hydrogens (tertiary/aromatic N) is 2. The number of nitrogens with one attached hydrogen (secondary N) is 1. The second-order valence-corrected chi connectivity index (χ2v) is 4.56. The molecule has 2 aromatic rings. The zero-order valence-electron chi connectivity index (χ0n) is 11.6. The van der Waals surface area contributed by atoms with E-state index >= 15 is 0 Å². The highest BCUT2D eigenvalue weighted by atomic mass is 19.2. The number of aryl methyl sites for hydroxylation is 1. The minimum Gasteiger partial charge on any atom is -0.330 e. The van der Waals surface area contributed by atoms with E-state index in [1.165, 1.54) is 18.3 Å². The summed E-state index contributed by atoms with van der Waals surface area (Å²) in [5.74, 6) is -2.63. The lowest BCUT2D eigenvalue weighted by Gasteiger charge is -2.07. The number of aromatic nitrogens is 2. The van der Waals surface area contributed by atoms with Gasteiger partial charge in [0.1, 0.15) is 0 Å². The summed E-state index contributed by atoms with van der Waals surface area (Å²) in [6, 6.07) is 3.61. The Hall–Kier alpha value is -2.28. The molecule has 1 aromatic heterocycles. The van der Waals surface area contributed by atoms with E-state index in [9.17, 15) is 13.6 Å². The van der Waals surface area contributed by atoms with Gasteiger partial charge in [0, 0.05) is 12.2 Å². The third-order valence-electron chi connectivity index (χ3n) is 3.12. The largest absolute Gasteiger partial charge is 0.330 e. The zero-order valence-corrected chi connectivity index (χ0v) is 11.6. The average Bonchev–Trinajstić information content (AvgIpc) is 2.83. The van der Waals surface area contributed by atoms with Crippen LogP contribution in [0.5, 0.6) is 0 Å². The summed E-state index contributed by atoms with van der Waals surface area (Å²) in [4.78, 5) is 12.1. The minimum absolute atomic E-state index is 0.200. The van der Waals surface area contributed by atoms with Crippen molar-refractivity contribution in [1.82, 2.24) is 9.78 Å². The summed E-state index contributed by atoms with van der Waals surface area (Å²) in [5.41, 5.74) is 6.19. The third-order valence-corrected chi connectivity index (χ3v) is 3.12. The summed E-state index contributed by atoms with van der Waals surface area (Å²) in [6.07, 6.45) is 2.14. The molecule has 5 nitrogen and oxygen atoms in total. The van der Waals surface area contributed by atoms with Crippen LogP contribution < -0.4 is 11.1 Å². The molecule has 112 valence electrons. The van der Waals surface area contributed by atoms with Crippen molar-refractivity contribution in [2.24, 2.45) is 5.73 Å². The molecule has 2 rings (SSSR count). The van der Waals surface area contributed by atoms with Gasteiger partial charge in [-0.25, -0.2) is 8.78 Å². The van der Waals surface area contributed by atoms with E-state index in [1.807, 2.05) is 0 Å². The van der Waals surface area contributed by atoms with Crippen molar-refractivity contribution >= 4 is 11.6 Å². The number of halogens is 2. The topological polar surface area (TPSA) is 72.9 Å². The van der Waals surface area contributed by atoms with Gasteiger partial charge in [-0.1, -0.05) is 6.07 Å². The number of amides is 1. The minimum atomic E-state index is -1.08. The molecule has 7 heteroatoms. The molecule has 0 saturated carbocycles. The summed E-state index contributed by atoms with van der Waals surface area (Å²) < 4.78 is 28.3. The van der Waals surface area contributed by atoms with Crippen molar-refractivity contribution in [3.8, 4) is 0 Å². The van der Waals surface area contributed by atoms with Crippen LogP contribution >= 0.6 is 0 Å². The standard InChI is InChI=1S/C14H16F2N4O/c1-9-10(8-18-20(9)7-3-6-17)14(21)19-12-5-2-4-11(15)13(12)16/h2,4-5,8H,3,6-7,17H2,1H3,(H,19,21). The fourth-order valence-corrected chi connectivity index (χ4v) is 1.93. The Kier molecular flexibility index (Phi) is 4.64. The van der Waals surface area contributed by atoms with E-state index in [-0.39, 0.29) is 5.69 Å². The highest BCUT2D eigenvalue weighted by Crippen LogP contribution is 2.18. The maximum atomic E-state index is 13.5. The SMILES string of the molecule is Cc1c(C(=O)Nc2cccc(F)c2F)cnn1CCCN. The fourth-order valence-electron chi connectivity index (χ4n) is 1.93. The lowest BCUT2D eigenvalue weighted by Crippen LogP contribution is -2.15. The van der Waals surface area contributed by atoms with Crippen LogP contribution in [0, 0.1) is 18.6 Å². The van der Waals surface area contributed by atoms with Crippen LogP contribution in [0.4, 0.5) is 14.5 Å². The quantitative estimate of drug-likeness (QED) is 0.886. The maximum absolute atomic E-state index is 13.5. The Morgan fingerprint density at radius 1 is 1.43 bits per heavy atom. The van der Waals surface area contributed by atoms with Gasteiger partial charge in [0.15, 0.2) is 11.6 Å². The van der Waals surface area contributed by atoms with Crippen molar-refractivity contribution in [3.63, 3.8) is 0 Å². The van der Waals surface area contributed by atoms with E-state index in [1.54, 1.807) is 11.6 Å². The van der Waals surface area contributed by atoms with Gasteiger partial charge in [-0.3, -0.25) is 9.48 Å². The van der Waals surface area contributed by atoms with Gasteiger partial charge in [0.2, 0.25) is 0 Å². The molecule has 1 amide bonds. The Bertz CT molecular complexity index is 654. The molecule has 0 bridgehead atoms. The van der Waals surface area contributed by atoms with Crippen LogP contribution in [0.25, 0.3) is 0 Å². The number of hydrogen-bond donors (Lipinski definition) is 2. The van der Waals surface area contributed by atoms with E-state index < -0.39 is 17.5 Å². The molecule has 0 aliphatic carbocycles. The van der Waals surface area contributed by atoms with Gasteiger partial charge >= 0.3 is 0 Å². The summed E-state index contributed by atoms with van der Waals surface area (Å²) in [5, 5.41) is 6.43. The number of carbonyl (C=O) groups is 1. The van der Waals surface area contributed by atoms with Gasteiger partial charge in [-0.15, -0.1) is 0 Å². The van der Waals surface area contributed by atoms with E-state index in [0.717, 1.165) is 12.5 Å². The van der Waals surface area contributed by atoms with Crippen molar-refractivity contribution in [3.05, 3.63) is 47.3 Å².